The molecule has 4 fully saturated rings. The maximum atomic E-state index is 11.1. The van der Waals surface area contributed by atoms with E-state index in [1.165, 1.54) is 57.8 Å². The molecule has 4 aliphatic rings. The standard InChI is InChI=1S/C24H41NO2/c1-15(4-9-22(26)27)19-7-8-20-18-6-5-16-14-17(25)10-12-23(16,2)21(18)11-13-24(19,20)3/h15-21H,4-14,25H2,1-3H3,(H,26,27)/t15-,16-,17-,18+,19?,20+,21?,23?,24?/m1/s1. The molecule has 0 heterocycles. The van der Waals surface area contributed by atoms with E-state index in [1.54, 1.807) is 0 Å². The first-order valence-corrected chi connectivity index (χ1v) is 11.7. The van der Waals surface area contributed by atoms with E-state index in [0.29, 0.717) is 29.2 Å². The fourth-order valence-electron chi connectivity index (χ4n) is 8.82. The van der Waals surface area contributed by atoms with E-state index >= 15 is 0 Å². The number of fused-ring (bicyclic) bond motifs is 5. The Kier molecular flexibility index (Phi) is 5.15. The lowest BCUT2D eigenvalue weighted by Gasteiger charge is -2.61. The van der Waals surface area contributed by atoms with Crippen LogP contribution >= 0.6 is 0 Å². The van der Waals surface area contributed by atoms with Crippen LogP contribution in [0.15, 0.2) is 0 Å². The highest BCUT2D eigenvalue weighted by Gasteiger charge is 2.60. The van der Waals surface area contributed by atoms with Crippen LogP contribution in [0.3, 0.4) is 0 Å². The Morgan fingerprint density at radius 3 is 2.48 bits per heavy atom. The fraction of sp³-hybridized carbons (Fsp3) is 0.958. The summed E-state index contributed by atoms with van der Waals surface area (Å²) in [5.41, 5.74) is 7.32. The number of carboxylic acid groups (broad SMARTS) is 1. The molecule has 4 aliphatic carbocycles. The Morgan fingerprint density at radius 1 is 1.04 bits per heavy atom. The van der Waals surface area contributed by atoms with Crippen molar-refractivity contribution in [3.63, 3.8) is 0 Å². The molecule has 4 unspecified atom stereocenters. The van der Waals surface area contributed by atoms with Crippen molar-refractivity contribution < 1.29 is 9.90 Å². The quantitative estimate of drug-likeness (QED) is 0.684. The van der Waals surface area contributed by atoms with E-state index in [4.69, 9.17) is 10.8 Å². The van der Waals surface area contributed by atoms with Crippen molar-refractivity contribution in [1.82, 2.24) is 0 Å². The third kappa shape index (κ3) is 3.16. The van der Waals surface area contributed by atoms with Gasteiger partial charge in [-0.2, -0.15) is 0 Å². The van der Waals surface area contributed by atoms with Gasteiger partial charge >= 0.3 is 5.97 Å². The highest BCUT2D eigenvalue weighted by molar-refractivity contribution is 5.66. The Hall–Kier alpha value is -0.570. The number of carboxylic acids is 1. The van der Waals surface area contributed by atoms with Gasteiger partial charge in [0.25, 0.3) is 0 Å². The van der Waals surface area contributed by atoms with E-state index in [-0.39, 0.29) is 0 Å². The number of hydrogen-bond donors (Lipinski definition) is 2. The second-order valence-electron chi connectivity index (χ2n) is 11.3. The summed E-state index contributed by atoms with van der Waals surface area (Å²) in [6.07, 6.45) is 13.3. The van der Waals surface area contributed by atoms with E-state index in [0.717, 1.165) is 36.0 Å². The summed E-state index contributed by atoms with van der Waals surface area (Å²) in [6.45, 7) is 7.52. The van der Waals surface area contributed by atoms with Crippen molar-refractivity contribution in [3.05, 3.63) is 0 Å². The SMILES string of the molecule is C[C@H](CCC(=O)O)C1CC[C@H]2[C@@H]3CC[C@@H]4C[C@H](N)CCC4(C)C3CCC12C. The summed E-state index contributed by atoms with van der Waals surface area (Å²) in [4.78, 5) is 11.1. The molecule has 0 bridgehead atoms. The van der Waals surface area contributed by atoms with Crippen molar-refractivity contribution in [2.24, 2.45) is 52.1 Å². The molecular formula is C24H41NO2. The molecule has 4 rings (SSSR count). The van der Waals surface area contributed by atoms with Gasteiger partial charge in [0, 0.05) is 12.5 Å². The zero-order chi connectivity index (χ0) is 19.4. The van der Waals surface area contributed by atoms with Crippen LogP contribution in [0.2, 0.25) is 0 Å². The van der Waals surface area contributed by atoms with Gasteiger partial charge in [-0.3, -0.25) is 4.79 Å². The number of hydrogen-bond acceptors (Lipinski definition) is 2. The van der Waals surface area contributed by atoms with Crippen LogP contribution in [0.5, 0.6) is 0 Å². The van der Waals surface area contributed by atoms with Crippen molar-refractivity contribution in [3.8, 4) is 0 Å². The maximum Gasteiger partial charge on any atom is 0.303 e. The Morgan fingerprint density at radius 2 is 1.74 bits per heavy atom. The zero-order valence-electron chi connectivity index (χ0n) is 17.8. The van der Waals surface area contributed by atoms with Gasteiger partial charge in [0.1, 0.15) is 0 Å². The van der Waals surface area contributed by atoms with Gasteiger partial charge in [0.2, 0.25) is 0 Å². The number of rotatable bonds is 4. The summed E-state index contributed by atoms with van der Waals surface area (Å²) in [5.74, 6) is 4.21. The molecule has 0 aliphatic heterocycles. The van der Waals surface area contributed by atoms with Crippen molar-refractivity contribution in [1.29, 1.82) is 0 Å². The van der Waals surface area contributed by atoms with Gasteiger partial charge in [-0.15, -0.1) is 0 Å². The van der Waals surface area contributed by atoms with Crippen molar-refractivity contribution in [2.75, 3.05) is 0 Å². The smallest absolute Gasteiger partial charge is 0.303 e. The molecule has 27 heavy (non-hydrogen) atoms. The van der Waals surface area contributed by atoms with E-state index < -0.39 is 5.97 Å². The molecule has 0 amide bonds. The first-order valence-electron chi connectivity index (χ1n) is 11.7. The molecule has 0 radical (unpaired) electrons. The summed E-state index contributed by atoms with van der Waals surface area (Å²) >= 11 is 0. The number of aliphatic carboxylic acids is 1. The molecule has 4 saturated carbocycles. The molecule has 3 N–H and O–H groups in total. The van der Waals surface area contributed by atoms with Crippen LogP contribution in [0.4, 0.5) is 0 Å². The minimum Gasteiger partial charge on any atom is -0.481 e. The van der Waals surface area contributed by atoms with Gasteiger partial charge < -0.3 is 10.8 Å². The topological polar surface area (TPSA) is 63.3 Å². The van der Waals surface area contributed by atoms with Gasteiger partial charge in [-0.25, -0.2) is 0 Å². The maximum absolute atomic E-state index is 11.1. The van der Waals surface area contributed by atoms with Crippen LogP contribution in [0.25, 0.3) is 0 Å². The first kappa shape index (κ1) is 19.7. The predicted molar refractivity (Wildman–Crippen MR) is 109 cm³/mol. The van der Waals surface area contributed by atoms with Crippen LogP contribution in [-0.4, -0.2) is 17.1 Å². The Bertz CT molecular complexity index is 577. The Labute approximate surface area is 165 Å². The molecular weight excluding hydrogens is 334 g/mol. The van der Waals surface area contributed by atoms with Crippen LogP contribution in [0, 0.1) is 46.3 Å². The van der Waals surface area contributed by atoms with Crippen LogP contribution in [0.1, 0.15) is 91.4 Å². The molecule has 0 aromatic heterocycles. The van der Waals surface area contributed by atoms with E-state index in [2.05, 4.69) is 20.8 Å². The molecule has 154 valence electrons. The zero-order valence-corrected chi connectivity index (χ0v) is 17.8. The summed E-state index contributed by atoms with van der Waals surface area (Å²) < 4.78 is 0. The highest BCUT2D eigenvalue weighted by atomic mass is 16.4. The highest BCUT2D eigenvalue weighted by Crippen LogP contribution is 2.68. The summed E-state index contributed by atoms with van der Waals surface area (Å²) in [6, 6.07) is 0.444. The summed E-state index contributed by atoms with van der Waals surface area (Å²) in [5, 5.41) is 9.10. The van der Waals surface area contributed by atoms with E-state index in [9.17, 15) is 4.79 Å². The van der Waals surface area contributed by atoms with Gasteiger partial charge in [-0.1, -0.05) is 20.8 Å². The lowest BCUT2D eigenvalue weighted by Crippen LogP contribution is -2.54. The van der Waals surface area contributed by atoms with E-state index in [1.807, 2.05) is 0 Å². The molecule has 9 atom stereocenters. The molecule has 3 heteroatoms. The average molecular weight is 376 g/mol. The molecule has 0 spiro atoms. The molecule has 0 saturated heterocycles. The normalized spacial score (nSPS) is 50.4. The summed E-state index contributed by atoms with van der Waals surface area (Å²) in [7, 11) is 0. The fourth-order valence-corrected chi connectivity index (χ4v) is 8.82. The van der Waals surface area contributed by atoms with Crippen LogP contribution < -0.4 is 5.73 Å². The number of nitrogens with two attached hydrogens (primary N) is 1. The minimum absolute atomic E-state index is 0.338. The number of carbonyl (C=O) groups is 1. The van der Waals surface area contributed by atoms with Gasteiger partial charge in [0.15, 0.2) is 0 Å². The monoisotopic (exact) mass is 375 g/mol. The van der Waals surface area contributed by atoms with Crippen molar-refractivity contribution in [2.45, 2.75) is 97.4 Å². The molecule has 0 aromatic rings. The third-order valence-electron chi connectivity index (χ3n) is 10.3. The largest absolute Gasteiger partial charge is 0.481 e. The lowest BCUT2D eigenvalue weighted by molar-refractivity contribution is -0.137. The molecule has 0 aromatic carbocycles. The second-order valence-corrected chi connectivity index (χ2v) is 11.3. The third-order valence-corrected chi connectivity index (χ3v) is 10.3. The second kappa shape index (κ2) is 7.04. The van der Waals surface area contributed by atoms with Crippen LogP contribution in [-0.2, 0) is 4.79 Å². The van der Waals surface area contributed by atoms with Gasteiger partial charge in [0.05, 0.1) is 0 Å². The van der Waals surface area contributed by atoms with Crippen molar-refractivity contribution >= 4 is 5.97 Å². The molecule has 3 nitrogen and oxygen atoms in total. The average Bonchev–Trinajstić information content (AvgIpc) is 2.97. The van der Waals surface area contributed by atoms with Gasteiger partial charge in [-0.05, 0) is 111 Å². The Balaban J connectivity index is 1.51. The predicted octanol–water partition coefficient (Wildman–Crippen LogP) is 5.47. The minimum atomic E-state index is -0.632. The lowest BCUT2D eigenvalue weighted by atomic mass is 9.44. The first-order chi connectivity index (χ1) is 12.8.